The van der Waals surface area contributed by atoms with Crippen LogP contribution in [-0.2, 0) is 42.3 Å². The van der Waals surface area contributed by atoms with Gasteiger partial charge in [0.1, 0.15) is 56.2 Å². The van der Waals surface area contributed by atoms with Gasteiger partial charge in [-0.25, -0.2) is 18.3 Å². The van der Waals surface area contributed by atoms with Gasteiger partial charge in [-0.3, -0.25) is 0 Å². The van der Waals surface area contributed by atoms with Crippen LogP contribution in [0, 0.1) is 41.5 Å². The van der Waals surface area contributed by atoms with Crippen LogP contribution in [0.2, 0.25) is 0 Å². The van der Waals surface area contributed by atoms with Gasteiger partial charge in [0.15, 0.2) is 26.5 Å². The number of aromatic nitrogens is 11. The van der Waals surface area contributed by atoms with Gasteiger partial charge in [-0.15, -0.1) is 18.6 Å². The summed E-state index contributed by atoms with van der Waals surface area (Å²) in [6, 6.07) is 101. The van der Waals surface area contributed by atoms with Gasteiger partial charge in [-0.1, -0.05) is 436 Å². The number of hydrogen-bond acceptors (Lipinski definition) is 2. The van der Waals surface area contributed by atoms with E-state index in [1.807, 2.05) is 255 Å². The van der Waals surface area contributed by atoms with E-state index in [-0.39, 0.29) is 0 Å². The first kappa shape index (κ1) is 135. The second kappa shape index (κ2) is 74.1. The molecule has 13 heteroatoms. The average Bonchev–Trinajstić information content (AvgIpc) is 1.13. The van der Waals surface area contributed by atoms with Crippen LogP contribution < -0.4 is 28.0 Å². The highest BCUT2D eigenvalue weighted by molar-refractivity contribution is 6.14. The standard InChI is InChI=1S/2C19H17N2.C18H18N3.C18H18N2.C17H15N2.C11H13N2.17C2H6/c1-14-8-3-5-11-17(14)21-18-12-6-4-9-15(18)16-10-7-13-20(2)19(16)21;1-14-8-7-10-16-15-9-3-4-11-17(15)21(19(14)16)18-12-5-6-13-20(18)2;1-13-7-6-9-15-14-8-4-5-10-16(14)21(17(13)15)18-19(2)11-12-20(18)3;1-12-7-6-10-16-14-8-4-5-9-15(14)17-11-19(3)13(2)20(17)18(12)16;1-12-6-5-9-15-13-7-3-4-8-14(13)16-10-11-18(2)19(16)17(12)15;1-10-6-3-4-7-11(10)13-9-5-8-12(13)2;17*1-2/h2*3-13H,1-2H3;4-12H,1-3H3;4-11,13H,1-3H3;3-11H,1-2H3;3-9H,1-2H3;17*1-2H3/q3*+1;;2*+1;;;;;;;;;;;;;;;;;/t;;;13-;;;;;;;;;;;;;;;;;;;/m...0.................../s1. The molecule has 0 bridgehead atoms. The van der Waals surface area contributed by atoms with E-state index in [4.69, 9.17) is 0 Å². The van der Waals surface area contributed by atoms with E-state index in [1.165, 1.54) is 171 Å². The van der Waals surface area contributed by atoms with Crippen LogP contribution >= 0.6 is 0 Å². The van der Waals surface area contributed by atoms with Crippen LogP contribution in [0.5, 0.6) is 0 Å². The minimum atomic E-state index is 0.359. The molecule has 1 atom stereocenters. The fourth-order valence-corrected chi connectivity index (χ4v) is 17.6. The first-order chi connectivity index (χ1) is 73.0. The van der Waals surface area contributed by atoms with Crippen molar-refractivity contribution in [1.29, 1.82) is 0 Å². The monoisotopic (exact) mass is 2020 g/mol. The summed E-state index contributed by atoms with van der Waals surface area (Å²) in [5.74, 6) is 2.34. The number of para-hydroxylation sites is 9. The number of nitrogens with zero attached hydrogens (tertiary/aromatic N) is 13. The molecule has 2 aliphatic heterocycles. The number of aryl methyl sites for hydroxylation is 12. The van der Waals surface area contributed by atoms with Crippen molar-refractivity contribution in [3.8, 4) is 34.3 Å². The van der Waals surface area contributed by atoms with Gasteiger partial charge in [0, 0.05) is 80.3 Å². The Labute approximate surface area is 905 Å². The summed E-state index contributed by atoms with van der Waals surface area (Å²) < 4.78 is 24.4. The van der Waals surface area contributed by atoms with Crippen LogP contribution in [0.3, 0.4) is 0 Å². The molecule has 9 aromatic heterocycles. The van der Waals surface area contributed by atoms with Crippen molar-refractivity contribution in [2.24, 2.45) is 42.3 Å². The van der Waals surface area contributed by atoms with Gasteiger partial charge in [-0.2, -0.15) is 13.7 Å². The molecular weight excluding hydrogens is 1820 g/mol. The zero-order valence-corrected chi connectivity index (χ0v) is 102. The Bertz CT molecular complexity index is 6970. The van der Waals surface area contributed by atoms with Crippen LogP contribution in [0.4, 0.5) is 5.69 Å². The Hall–Kier alpha value is -13.9. The molecule has 20 aromatic rings. The largest absolute Gasteiger partial charge is 0.369 e. The Kier molecular flexibility index (Phi) is 67.1. The molecule has 0 amide bonds. The van der Waals surface area contributed by atoms with Gasteiger partial charge in [-0.05, 0) is 160 Å². The minimum Gasteiger partial charge on any atom is -0.358 e. The van der Waals surface area contributed by atoms with Crippen molar-refractivity contribution >= 4 is 104 Å². The predicted octanol–water partition coefficient (Wildman–Crippen LogP) is 37.6. The van der Waals surface area contributed by atoms with Crippen LogP contribution in [0.15, 0.2) is 335 Å². The molecule has 0 saturated carbocycles. The molecule has 0 radical (unpaired) electrons. The topological polar surface area (TPSA) is 54.9 Å². The van der Waals surface area contributed by atoms with Gasteiger partial charge >= 0.3 is 5.95 Å². The van der Waals surface area contributed by atoms with Crippen molar-refractivity contribution < 1.29 is 23.1 Å². The van der Waals surface area contributed by atoms with E-state index in [0.717, 1.165) is 5.95 Å². The molecule has 22 rings (SSSR count). The summed E-state index contributed by atoms with van der Waals surface area (Å²) in [5.41, 5.74) is 27.1. The molecule has 0 saturated heterocycles. The number of rotatable bonds is 4. The highest BCUT2D eigenvalue weighted by Crippen LogP contribution is 2.49. The molecule has 11 aromatic carbocycles. The van der Waals surface area contributed by atoms with E-state index >= 15 is 0 Å². The molecule has 0 fully saturated rings. The summed E-state index contributed by atoms with van der Waals surface area (Å²) in [6.07, 6.45) is 17.2. The predicted molar refractivity (Wildman–Crippen MR) is 666 cm³/mol. The number of benzene rings is 11. The highest BCUT2D eigenvalue weighted by Gasteiger charge is 2.36. The van der Waals surface area contributed by atoms with Gasteiger partial charge in [0.25, 0.3) is 11.5 Å². The average molecular weight is 2020 g/mol. The molecule has 0 N–H and O–H groups in total. The molecule has 0 aliphatic carbocycles. The normalized spacial score (nSPS) is 10.5. The number of imidazole rings is 1. The summed E-state index contributed by atoms with van der Waals surface area (Å²) in [4.78, 5) is 4.75. The Morgan fingerprint density at radius 3 is 1.07 bits per heavy atom. The quantitative estimate of drug-likeness (QED) is 0.130. The summed E-state index contributed by atoms with van der Waals surface area (Å²) in [6.45, 7) is 83.3. The van der Waals surface area contributed by atoms with Crippen molar-refractivity contribution in [3.05, 3.63) is 374 Å². The summed E-state index contributed by atoms with van der Waals surface area (Å²) in [7, 11) is 14.7. The Balaban J connectivity index is 0.00000167. The van der Waals surface area contributed by atoms with Crippen molar-refractivity contribution in [2.45, 2.75) is 290 Å². The van der Waals surface area contributed by atoms with E-state index in [1.54, 1.807) is 0 Å². The van der Waals surface area contributed by atoms with Crippen molar-refractivity contribution in [2.75, 3.05) is 11.9 Å². The first-order valence-electron chi connectivity index (χ1n) is 56.6. The fraction of sp³-hybridized carbons (Fsp3) is 0.360. The van der Waals surface area contributed by atoms with E-state index in [9.17, 15) is 0 Å². The van der Waals surface area contributed by atoms with E-state index < -0.39 is 0 Å². The Morgan fingerprint density at radius 2 is 0.604 bits per heavy atom. The second-order valence-corrected chi connectivity index (χ2v) is 30.6. The minimum absolute atomic E-state index is 0.359. The van der Waals surface area contributed by atoms with Gasteiger partial charge in [0.2, 0.25) is 0 Å². The lowest BCUT2D eigenvalue weighted by molar-refractivity contribution is -0.744. The first-order valence-corrected chi connectivity index (χ1v) is 56.6. The molecular formula is C136H200N13+5. The maximum absolute atomic E-state index is 2.47. The summed E-state index contributed by atoms with van der Waals surface area (Å²) in [5, 5.41) is 11.8. The van der Waals surface area contributed by atoms with Crippen LogP contribution in [0.25, 0.3) is 133 Å². The molecule has 13 nitrogen and oxygen atoms in total. The zero-order valence-electron chi connectivity index (χ0n) is 102. The molecule has 804 valence electrons. The lowest BCUT2D eigenvalue weighted by Gasteiger charge is -2.36. The molecule has 0 spiro atoms. The van der Waals surface area contributed by atoms with Gasteiger partial charge < -0.3 is 9.80 Å². The lowest BCUT2D eigenvalue weighted by atomic mass is 9.90. The summed E-state index contributed by atoms with van der Waals surface area (Å²) >= 11 is 0. The van der Waals surface area contributed by atoms with E-state index in [0.29, 0.717) is 6.17 Å². The Morgan fingerprint density at radius 1 is 0.242 bits per heavy atom. The number of anilines is 1. The fourth-order valence-electron chi connectivity index (χ4n) is 17.6. The second-order valence-electron chi connectivity index (χ2n) is 30.6. The lowest BCUT2D eigenvalue weighted by Crippen LogP contribution is -2.36. The SMILES string of the molecule is CC.CC.CC.CC.CC.CC.CC.CC.CC.CC.CC.CC.CC.CC.CC.CC.CC.Cc1cccc2c1N1C(=CN(C)[C@@H]1C)c1ccccc1-2.Cc1cccc2c3ccccc3c3cc[n+](C)n3c12.Cc1cccc2c3ccccc3n(-c3cccc[n+]3C)c12.Cc1cccc2c3ccccc3n(-c3n(C)cc[n+]3C)c12.Cc1ccccc1-n1c2ccccc2c2ccc[n+](C)c21.Cc1ccccc1-n1ccc[n+]1C. The van der Waals surface area contributed by atoms with Crippen LogP contribution in [-0.4, -0.2) is 45.6 Å². The molecule has 11 heterocycles. The van der Waals surface area contributed by atoms with Crippen LogP contribution in [0.1, 0.15) is 281 Å². The third kappa shape index (κ3) is 31.6. The molecule has 149 heavy (non-hydrogen) atoms. The maximum atomic E-state index is 2.47. The number of hydrogen-bond donors (Lipinski definition) is 0. The maximum Gasteiger partial charge on any atom is 0.369 e. The molecule has 2 aliphatic rings. The van der Waals surface area contributed by atoms with Crippen molar-refractivity contribution in [1.82, 2.24) is 32.4 Å². The smallest absolute Gasteiger partial charge is 0.358 e. The third-order valence-corrected chi connectivity index (χ3v) is 23.2. The van der Waals surface area contributed by atoms with Gasteiger partial charge in [0.05, 0.1) is 75.9 Å². The molecule has 0 unspecified atom stereocenters. The van der Waals surface area contributed by atoms with Crippen molar-refractivity contribution in [3.63, 3.8) is 0 Å². The number of fused-ring (bicyclic) bond motifs is 21. The zero-order chi connectivity index (χ0) is 113. The third-order valence-electron chi connectivity index (χ3n) is 23.2. The van der Waals surface area contributed by atoms with E-state index in [2.05, 4.69) is 474 Å². The highest BCUT2D eigenvalue weighted by atomic mass is 15.4. The number of pyridine rings is 3.